The van der Waals surface area contributed by atoms with E-state index in [1.54, 1.807) is 12.1 Å². The lowest BCUT2D eigenvalue weighted by molar-refractivity contribution is 0.471. The number of hydrogen-bond donors (Lipinski definition) is 2. The van der Waals surface area contributed by atoms with Crippen molar-refractivity contribution >= 4 is 19.0 Å². The number of rotatable bonds is 6. The zero-order valence-electron chi connectivity index (χ0n) is 9.97. The molecule has 0 aromatic heterocycles. The Kier molecular flexibility index (Phi) is 5.68. The third-order valence-electron chi connectivity index (χ3n) is 2.70. The van der Waals surface area contributed by atoms with Crippen LogP contribution in [0.2, 0.25) is 5.02 Å². The normalized spacial score (nSPS) is 16.5. The van der Waals surface area contributed by atoms with E-state index >= 15 is 0 Å². The number of nitrogens with two attached hydrogens (primary N) is 1. The van der Waals surface area contributed by atoms with Crippen molar-refractivity contribution in [3.8, 4) is 0 Å². The highest BCUT2D eigenvalue weighted by Crippen LogP contribution is 2.45. The molecule has 0 saturated carbocycles. The van der Waals surface area contributed by atoms with Gasteiger partial charge in [0.2, 0.25) is 7.37 Å². The van der Waals surface area contributed by atoms with Gasteiger partial charge in [-0.15, -0.1) is 0 Å². The van der Waals surface area contributed by atoms with Gasteiger partial charge in [0.05, 0.1) is 0 Å². The molecule has 0 amide bonds. The second-order valence-electron chi connectivity index (χ2n) is 4.24. The van der Waals surface area contributed by atoms with E-state index in [0.29, 0.717) is 24.2 Å². The summed E-state index contributed by atoms with van der Waals surface area (Å²) in [6.45, 7) is 2.28. The number of hydrogen-bond acceptors (Lipinski definition) is 2. The van der Waals surface area contributed by atoms with Crippen LogP contribution in [0, 0.1) is 0 Å². The van der Waals surface area contributed by atoms with Gasteiger partial charge < -0.3 is 10.6 Å². The maximum atomic E-state index is 11.9. The van der Waals surface area contributed by atoms with Crippen molar-refractivity contribution in [3.05, 3.63) is 34.9 Å². The number of halogens is 1. The molecule has 1 aromatic rings. The van der Waals surface area contributed by atoms with Crippen LogP contribution in [0.5, 0.6) is 0 Å². The Labute approximate surface area is 107 Å². The molecule has 1 aromatic carbocycles. The Bertz CT molecular complexity index is 394. The van der Waals surface area contributed by atoms with Crippen molar-refractivity contribution < 1.29 is 9.46 Å². The van der Waals surface area contributed by atoms with Gasteiger partial charge in [-0.2, -0.15) is 0 Å². The molecule has 3 N–H and O–H groups in total. The van der Waals surface area contributed by atoms with Gasteiger partial charge in [0, 0.05) is 23.3 Å². The smallest absolute Gasteiger partial charge is 0.201 e. The first kappa shape index (κ1) is 14.7. The Morgan fingerprint density at radius 2 is 2.00 bits per heavy atom. The Morgan fingerprint density at radius 3 is 2.47 bits per heavy atom. The molecule has 0 aliphatic heterocycles. The fourth-order valence-corrected chi connectivity index (χ4v) is 3.89. The first-order valence-corrected chi connectivity index (χ1v) is 8.15. The minimum Gasteiger partial charge on any atom is -0.344 e. The molecule has 0 bridgehead atoms. The van der Waals surface area contributed by atoms with E-state index in [-0.39, 0.29) is 12.1 Å². The molecule has 0 saturated heterocycles. The summed E-state index contributed by atoms with van der Waals surface area (Å²) < 4.78 is 11.9. The predicted octanol–water partition coefficient (Wildman–Crippen LogP) is 3.06. The van der Waals surface area contributed by atoms with Crippen molar-refractivity contribution in [3.63, 3.8) is 0 Å². The molecule has 0 aliphatic rings. The van der Waals surface area contributed by atoms with E-state index < -0.39 is 7.37 Å². The van der Waals surface area contributed by atoms with Crippen LogP contribution in [0.1, 0.15) is 24.8 Å². The summed E-state index contributed by atoms with van der Waals surface area (Å²) in [5.41, 5.74) is 6.66. The van der Waals surface area contributed by atoms with Crippen LogP contribution in [0.15, 0.2) is 24.3 Å². The second kappa shape index (κ2) is 6.55. The molecule has 0 aliphatic carbocycles. The fourth-order valence-electron chi connectivity index (χ4n) is 1.84. The SMILES string of the molecule is CCCP(=O)(O)CC(CN)c1ccc(Cl)cc1. The summed E-state index contributed by atoms with van der Waals surface area (Å²) in [5.74, 6) is -0.0744. The molecular weight excluding hydrogens is 257 g/mol. The third-order valence-corrected chi connectivity index (χ3v) is 5.11. The Balaban J connectivity index is 2.78. The molecule has 3 nitrogen and oxygen atoms in total. The summed E-state index contributed by atoms with van der Waals surface area (Å²) in [6.07, 6.45) is 1.32. The van der Waals surface area contributed by atoms with E-state index in [2.05, 4.69) is 0 Å². The van der Waals surface area contributed by atoms with Crippen LogP contribution in [0.25, 0.3) is 0 Å². The van der Waals surface area contributed by atoms with Crippen molar-refractivity contribution in [2.45, 2.75) is 19.3 Å². The largest absolute Gasteiger partial charge is 0.344 e. The van der Waals surface area contributed by atoms with Crippen molar-refractivity contribution in [2.75, 3.05) is 18.9 Å². The van der Waals surface area contributed by atoms with Crippen LogP contribution in [0.3, 0.4) is 0 Å². The quantitative estimate of drug-likeness (QED) is 0.784. The van der Waals surface area contributed by atoms with Crippen molar-refractivity contribution in [1.29, 1.82) is 0 Å². The second-order valence-corrected chi connectivity index (χ2v) is 7.18. The third kappa shape index (κ3) is 4.81. The average Bonchev–Trinajstić information content (AvgIpc) is 2.27. The molecule has 2 atom stereocenters. The molecule has 0 fully saturated rings. The lowest BCUT2D eigenvalue weighted by atomic mass is 10.0. The maximum absolute atomic E-state index is 11.9. The Morgan fingerprint density at radius 1 is 1.41 bits per heavy atom. The molecule has 1 rings (SSSR count). The highest BCUT2D eigenvalue weighted by Gasteiger charge is 2.23. The van der Waals surface area contributed by atoms with Crippen LogP contribution in [-0.2, 0) is 4.57 Å². The zero-order valence-corrected chi connectivity index (χ0v) is 11.6. The minimum atomic E-state index is -3.06. The van der Waals surface area contributed by atoms with E-state index in [9.17, 15) is 9.46 Å². The summed E-state index contributed by atoms with van der Waals surface area (Å²) >= 11 is 5.81. The molecule has 5 heteroatoms. The lowest BCUT2D eigenvalue weighted by Gasteiger charge is -2.19. The van der Waals surface area contributed by atoms with Crippen LogP contribution in [0.4, 0.5) is 0 Å². The number of benzene rings is 1. The lowest BCUT2D eigenvalue weighted by Crippen LogP contribution is -2.17. The summed E-state index contributed by atoms with van der Waals surface area (Å²) in [7, 11) is -3.06. The molecule has 96 valence electrons. The highest BCUT2D eigenvalue weighted by atomic mass is 35.5. The van der Waals surface area contributed by atoms with Gasteiger partial charge >= 0.3 is 0 Å². The van der Waals surface area contributed by atoms with Gasteiger partial charge in [0.25, 0.3) is 0 Å². The average molecular weight is 276 g/mol. The maximum Gasteiger partial charge on any atom is 0.201 e. The summed E-state index contributed by atoms with van der Waals surface area (Å²) in [4.78, 5) is 9.81. The van der Waals surface area contributed by atoms with E-state index in [4.69, 9.17) is 17.3 Å². The van der Waals surface area contributed by atoms with Crippen LogP contribution in [-0.4, -0.2) is 23.8 Å². The molecule has 0 radical (unpaired) electrons. The van der Waals surface area contributed by atoms with Gasteiger partial charge in [-0.1, -0.05) is 30.7 Å². The molecule has 2 unspecified atom stereocenters. The zero-order chi connectivity index (χ0) is 12.9. The summed E-state index contributed by atoms with van der Waals surface area (Å²) in [6, 6.07) is 7.29. The Hall–Kier alpha value is -0.340. The monoisotopic (exact) mass is 275 g/mol. The minimum absolute atomic E-state index is 0.0744. The summed E-state index contributed by atoms with van der Waals surface area (Å²) in [5, 5.41) is 0.658. The molecule has 0 spiro atoms. The van der Waals surface area contributed by atoms with Crippen LogP contribution >= 0.6 is 19.0 Å². The van der Waals surface area contributed by atoms with Crippen molar-refractivity contribution in [2.24, 2.45) is 5.73 Å². The molecular formula is C12H19ClNO2P. The van der Waals surface area contributed by atoms with Gasteiger partial charge in [-0.25, -0.2) is 0 Å². The van der Waals surface area contributed by atoms with Gasteiger partial charge in [0.15, 0.2) is 0 Å². The predicted molar refractivity (Wildman–Crippen MR) is 73.1 cm³/mol. The van der Waals surface area contributed by atoms with Gasteiger partial charge in [-0.05, 0) is 30.7 Å². The van der Waals surface area contributed by atoms with E-state index in [1.165, 1.54) is 0 Å². The molecule has 17 heavy (non-hydrogen) atoms. The first-order valence-electron chi connectivity index (χ1n) is 5.75. The van der Waals surface area contributed by atoms with E-state index in [0.717, 1.165) is 5.56 Å². The fraction of sp³-hybridized carbons (Fsp3) is 0.500. The molecule has 0 heterocycles. The topological polar surface area (TPSA) is 63.3 Å². The van der Waals surface area contributed by atoms with Crippen molar-refractivity contribution in [1.82, 2.24) is 0 Å². The standard InChI is InChI=1S/C12H19ClNO2P/c1-2-7-17(15,16)9-11(8-14)10-3-5-12(13)6-4-10/h3-6,11H,2,7-9,14H2,1H3,(H,15,16). The van der Waals surface area contributed by atoms with Crippen LogP contribution < -0.4 is 5.73 Å². The van der Waals surface area contributed by atoms with Gasteiger partial charge in [-0.3, -0.25) is 4.57 Å². The van der Waals surface area contributed by atoms with Gasteiger partial charge in [0.1, 0.15) is 0 Å². The first-order chi connectivity index (χ1) is 7.98. The van der Waals surface area contributed by atoms with E-state index in [1.807, 2.05) is 19.1 Å². The highest BCUT2D eigenvalue weighted by molar-refractivity contribution is 7.58.